The Labute approximate surface area is 109 Å². The standard InChI is InChI=1S/C11H10ClNOS2/c12-8-3-5-9(6-4-8)13-10(14)2-1-7-16-11(13)15/h3-6H,1-2,7H2. The molecule has 1 fully saturated rings. The van der Waals surface area contributed by atoms with Gasteiger partial charge in [0.2, 0.25) is 5.91 Å². The molecule has 0 spiro atoms. The van der Waals surface area contributed by atoms with Gasteiger partial charge in [-0.1, -0.05) is 35.6 Å². The number of thioether (sulfide) groups is 1. The SMILES string of the molecule is O=C1CCCSC(=S)N1c1ccc(Cl)cc1. The van der Waals surface area contributed by atoms with Crippen LogP contribution in [0.4, 0.5) is 5.69 Å². The second kappa shape index (κ2) is 5.17. The third kappa shape index (κ3) is 2.56. The molecule has 0 bridgehead atoms. The van der Waals surface area contributed by atoms with E-state index in [4.69, 9.17) is 23.8 Å². The van der Waals surface area contributed by atoms with E-state index in [1.165, 1.54) is 0 Å². The third-order valence-electron chi connectivity index (χ3n) is 2.28. The van der Waals surface area contributed by atoms with Crippen molar-refractivity contribution >= 4 is 51.5 Å². The lowest BCUT2D eigenvalue weighted by molar-refractivity contribution is -0.117. The molecule has 2 rings (SSSR count). The average Bonchev–Trinajstić information content (AvgIpc) is 2.42. The van der Waals surface area contributed by atoms with E-state index in [0.717, 1.165) is 17.9 Å². The number of anilines is 1. The van der Waals surface area contributed by atoms with Crippen molar-refractivity contribution in [2.75, 3.05) is 10.7 Å². The first-order chi connectivity index (χ1) is 7.68. The second-order valence-electron chi connectivity index (χ2n) is 3.42. The fourth-order valence-corrected chi connectivity index (χ4v) is 2.88. The van der Waals surface area contributed by atoms with Crippen molar-refractivity contribution in [3.8, 4) is 0 Å². The lowest BCUT2D eigenvalue weighted by atomic mass is 10.2. The van der Waals surface area contributed by atoms with Crippen LogP contribution in [0.5, 0.6) is 0 Å². The first-order valence-electron chi connectivity index (χ1n) is 4.94. The number of rotatable bonds is 1. The molecule has 16 heavy (non-hydrogen) atoms. The Morgan fingerprint density at radius 1 is 1.31 bits per heavy atom. The third-order valence-corrected chi connectivity index (χ3v) is 3.99. The van der Waals surface area contributed by atoms with Gasteiger partial charge in [-0.25, -0.2) is 0 Å². The predicted molar refractivity (Wildman–Crippen MR) is 73.2 cm³/mol. The Hall–Kier alpha value is -0.580. The quantitative estimate of drug-likeness (QED) is 0.730. The molecule has 0 N–H and O–H groups in total. The number of hydrogen-bond donors (Lipinski definition) is 0. The van der Waals surface area contributed by atoms with Gasteiger partial charge >= 0.3 is 0 Å². The van der Waals surface area contributed by atoms with Gasteiger partial charge in [0, 0.05) is 17.2 Å². The van der Waals surface area contributed by atoms with Crippen molar-refractivity contribution in [3.63, 3.8) is 0 Å². The van der Waals surface area contributed by atoms with Gasteiger partial charge in [0.1, 0.15) is 4.32 Å². The number of thiocarbonyl (C=S) groups is 1. The Kier molecular flexibility index (Phi) is 3.84. The minimum absolute atomic E-state index is 0.0670. The summed E-state index contributed by atoms with van der Waals surface area (Å²) in [4.78, 5) is 13.5. The van der Waals surface area contributed by atoms with E-state index < -0.39 is 0 Å². The molecular formula is C11H10ClNOS2. The summed E-state index contributed by atoms with van der Waals surface area (Å²) in [5.41, 5.74) is 0.800. The molecule has 0 aliphatic carbocycles. The molecule has 0 atom stereocenters. The summed E-state index contributed by atoms with van der Waals surface area (Å²) in [7, 11) is 0. The lowest BCUT2D eigenvalue weighted by Gasteiger charge is -2.20. The molecule has 1 amide bonds. The Morgan fingerprint density at radius 2 is 2.00 bits per heavy atom. The highest BCUT2D eigenvalue weighted by atomic mass is 35.5. The zero-order chi connectivity index (χ0) is 11.5. The van der Waals surface area contributed by atoms with Crippen LogP contribution >= 0.6 is 35.6 Å². The minimum atomic E-state index is 0.0670. The summed E-state index contributed by atoms with van der Waals surface area (Å²) in [6, 6.07) is 7.17. The summed E-state index contributed by atoms with van der Waals surface area (Å²) in [5, 5.41) is 0.657. The van der Waals surface area contributed by atoms with Gasteiger partial charge in [-0.05, 0) is 30.7 Å². The highest BCUT2D eigenvalue weighted by Crippen LogP contribution is 2.26. The highest BCUT2D eigenvalue weighted by Gasteiger charge is 2.23. The summed E-state index contributed by atoms with van der Waals surface area (Å²) >= 11 is 12.6. The van der Waals surface area contributed by atoms with Crippen LogP contribution in [0, 0.1) is 0 Å². The molecule has 1 heterocycles. The molecule has 1 aromatic rings. The van der Waals surface area contributed by atoms with E-state index in [1.807, 2.05) is 12.1 Å². The maximum atomic E-state index is 11.9. The normalized spacial score (nSPS) is 17.4. The fourth-order valence-electron chi connectivity index (χ4n) is 1.50. The molecule has 5 heteroatoms. The molecule has 0 unspecified atom stereocenters. The summed E-state index contributed by atoms with van der Waals surface area (Å²) in [6.45, 7) is 0. The van der Waals surface area contributed by atoms with Crippen LogP contribution < -0.4 is 4.90 Å². The van der Waals surface area contributed by atoms with Crippen molar-refractivity contribution in [2.24, 2.45) is 0 Å². The van der Waals surface area contributed by atoms with E-state index in [0.29, 0.717) is 15.8 Å². The fraction of sp³-hybridized carbons (Fsp3) is 0.273. The largest absolute Gasteiger partial charge is 0.274 e. The Morgan fingerprint density at radius 3 is 2.69 bits per heavy atom. The van der Waals surface area contributed by atoms with Gasteiger partial charge in [0.25, 0.3) is 0 Å². The average molecular weight is 272 g/mol. The van der Waals surface area contributed by atoms with Crippen LogP contribution in [0.25, 0.3) is 0 Å². The van der Waals surface area contributed by atoms with E-state index >= 15 is 0 Å². The van der Waals surface area contributed by atoms with Crippen molar-refractivity contribution in [3.05, 3.63) is 29.3 Å². The van der Waals surface area contributed by atoms with Crippen LogP contribution in [-0.4, -0.2) is 16.0 Å². The van der Waals surface area contributed by atoms with E-state index in [2.05, 4.69) is 0 Å². The van der Waals surface area contributed by atoms with Gasteiger partial charge in [-0.2, -0.15) is 0 Å². The number of carbonyl (C=O) groups excluding carboxylic acids is 1. The summed E-state index contributed by atoms with van der Waals surface area (Å²) < 4.78 is 0.629. The van der Waals surface area contributed by atoms with Gasteiger partial charge in [-0.15, -0.1) is 0 Å². The van der Waals surface area contributed by atoms with Crippen LogP contribution in [0.2, 0.25) is 5.02 Å². The monoisotopic (exact) mass is 271 g/mol. The molecule has 1 aromatic carbocycles. The summed E-state index contributed by atoms with van der Waals surface area (Å²) in [5.74, 6) is 0.978. The number of nitrogens with zero attached hydrogens (tertiary/aromatic N) is 1. The topological polar surface area (TPSA) is 20.3 Å². The van der Waals surface area contributed by atoms with E-state index in [1.54, 1.807) is 28.8 Å². The second-order valence-corrected chi connectivity index (χ2v) is 5.59. The first-order valence-corrected chi connectivity index (χ1v) is 6.71. The number of benzene rings is 1. The molecule has 84 valence electrons. The van der Waals surface area contributed by atoms with Crippen molar-refractivity contribution in [1.29, 1.82) is 0 Å². The van der Waals surface area contributed by atoms with Gasteiger partial charge in [0.05, 0.1) is 5.69 Å². The van der Waals surface area contributed by atoms with Crippen LogP contribution in [0.15, 0.2) is 24.3 Å². The predicted octanol–water partition coefficient (Wildman–Crippen LogP) is 3.48. The number of hydrogen-bond acceptors (Lipinski definition) is 3. The van der Waals surface area contributed by atoms with Crippen LogP contribution in [0.3, 0.4) is 0 Å². The Balaban J connectivity index is 2.32. The molecule has 0 radical (unpaired) electrons. The lowest BCUT2D eigenvalue weighted by Crippen LogP contribution is -2.32. The van der Waals surface area contributed by atoms with Gasteiger partial charge in [-0.3, -0.25) is 9.69 Å². The molecule has 2 nitrogen and oxygen atoms in total. The molecule has 1 aliphatic rings. The van der Waals surface area contributed by atoms with Crippen LogP contribution in [0.1, 0.15) is 12.8 Å². The smallest absolute Gasteiger partial charge is 0.232 e. The van der Waals surface area contributed by atoms with Gasteiger partial charge < -0.3 is 0 Å². The number of amides is 1. The molecule has 0 saturated carbocycles. The van der Waals surface area contributed by atoms with Crippen LogP contribution in [-0.2, 0) is 4.79 Å². The number of carbonyl (C=O) groups is 1. The Bertz CT molecular complexity index is 400. The maximum absolute atomic E-state index is 11.9. The minimum Gasteiger partial charge on any atom is -0.274 e. The highest BCUT2D eigenvalue weighted by molar-refractivity contribution is 8.23. The maximum Gasteiger partial charge on any atom is 0.232 e. The molecule has 1 saturated heterocycles. The van der Waals surface area contributed by atoms with Crippen molar-refractivity contribution in [1.82, 2.24) is 0 Å². The summed E-state index contributed by atoms with van der Waals surface area (Å²) in [6.07, 6.45) is 1.43. The zero-order valence-electron chi connectivity index (χ0n) is 8.48. The van der Waals surface area contributed by atoms with Crippen molar-refractivity contribution < 1.29 is 4.79 Å². The molecule has 0 aromatic heterocycles. The van der Waals surface area contributed by atoms with E-state index in [9.17, 15) is 4.79 Å². The zero-order valence-corrected chi connectivity index (χ0v) is 10.9. The van der Waals surface area contributed by atoms with Crippen molar-refractivity contribution in [2.45, 2.75) is 12.8 Å². The molecular weight excluding hydrogens is 262 g/mol. The number of halogens is 1. The van der Waals surface area contributed by atoms with E-state index in [-0.39, 0.29) is 5.91 Å². The molecule has 1 aliphatic heterocycles. The van der Waals surface area contributed by atoms with Gasteiger partial charge in [0.15, 0.2) is 0 Å². The first kappa shape index (κ1) is 11.9.